The Morgan fingerprint density at radius 2 is 1.86 bits per heavy atom. The monoisotopic (exact) mass is 413 g/mol. The molecule has 0 spiro atoms. The van der Waals surface area contributed by atoms with Crippen LogP contribution in [0.3, 0.4) is 0 Å². The Hall–Kier alpha value is -2.75. The Labute approximate surface area is 165 Å². The van der Waals surface area contributed by atoms with Gasteiger partial charge in [-0.3, -0.25) is 0 Å². The highest BCUT2D eigenvalue weighted by Gasteiger charge is 2.33. The molecule has 0 atom stereocenters. The second kappa shape index (κ2) is 9.64. The third-order valence-electron chi connectivity index (χ3n) is 3.41. The fourth-order valence-corrected chi connectivity index (χ4v) is 2.30. The Balaban J connectivity index is 0.000000687. The largest absolute Gasteiger partial charge is 0.419 e. The van der Waals surface area contributed by atoms with Crippen molar-refractivity contribution in [2.45, 2.75) is 40.1 Å². The zero-order chi connectivity index (χ0) is 21.6. The second-order valence-electron chi connectivity index (χ2n) is 6.94. The summed E-state index contributed by atoms with van der Waals surface area (Å²) in [7, 11) is 1.52. The number of benzene rings is 1. The zero-order valence-electron chi connectivity index (χ0n) is 16.6. The van der Waals surface area contributed by atoms with E-state index < -0.39 is 17.6 Å². The Morgan fingerprint density at radius 1 is 1.17 bits per heavy atom. The van der Waals surface area contributed by atoms with Crippen molar-refractivity contribution in [1.29, 1.82) is 0 Å². The maximum absolute atomic E-state index is 13.6. The molecule has 1 N–H and O–H groups in total. The van der Waals surface area contributed by atoms with Crippen LogP contribution in [-0.2, 0) is 24.1 Å². The first kappa shape index (κ1) is 22.5. The number of hydrogen-bond acceptors (Lipinski definition) is 5. The van der Waals surface area contributed by atoms with Crippen molar-refractivity contribution in [3.8, 4) is 0 Å². The summed E-state index contributed by atoms with van der Waals surface area (Å²) in [5, 5.41) is 7.00. The lowest BCUT2D eigenvalue weighted by Gasteiger charge is -2.12. The summed E-state index contributed by atoms with van der Waals surface area (Å²) >= 11 is 0. The molecule has 0 unspecified atom stereocenters. The molecule has 0 radical (unpaired) electrons. The Morgan fingerprint density at radius 3 is 2.45 bits per heavy atom. The van der Waals surface area contributed by atoms with Gasteiger partial charge < -0.3 is 10.1 Å². The second-order valence-corrected chi connectivity index (χ2v) is 6.94. The molecule has 1 aromatic carbocycles. The molecule has 0 saturated carbocycles. The van der Waals surface area contributed by atoms with Gasteiger partial charge in [0.2, 0.25) is 0 Å². The number of anilines is 1. The van der Waals surface area contributed by atoms with Crippen LogP contribution in [-0.4, -0.2) is 26.7 Å². The molecule has 0 aliphatic rings. The average molecular weight is 413 g/mol. The first-order valence-corrected chi connectivity index (χ1v) is 8.90. The highest BCUT2D eigenvalue weighted by Crippen LogP contribution is 2.31. The first-order valence-electron chi connectivity index (χ1n) is 8.90. The van der Waals surface area contributed by atoms with Gasteiger partial charge in [-0.15, -0.1) is 0 Å². The summed E-state index contributed by atoms with van der Waals surface area (Å²) in [6.45, 7) is 6.85. The number of nitrogens with zero attached hydrogens (tertiary/aromatic N) is 4. The van der Waals surface area contributed by atoms with Crippen molar-refractivity contribution < 1.29 is 22.3 Å². The van der Waals surface area contributed by atoms with Gasteiger partial charge in [-0.1, -0.05) is 26.8 Å². The fourth-order valence-electron chi connectivity index (χ4n) is 2.30. The lowest BCUT2D eigenvalue weighted by molar-refractivity contribution is -0.140. The van der Waals surface area contributed by atoms with Crippen LogP contribution < -0.4 is 5.32 Å². The molecule has 0 fully saturated rings. The number of methoxy groups -OCH3 is 1. The summed E-state index contributed by atoms with van der Waals surface area (Å²) in [5.41, 5.74) is -0.339. The van der Waals surface area contributed by atoms with Crippen LogP contribution in [0.25, 0.3) is 5.78 Å². The molecule has 2 aromatic heterocycles. The minimum Gasteiger partial charge on any atom is -0.378 e. The van der Waals surface area contributed by atoms with Crippen LogP contribution in [0.5, 0.6) is 0 Å². The summed E-state index contributed by atoms with van der Waals surface area (Å²) < 4.78 is 57.9. The predicted molar refractivity (Wildman–Crippen MR) is 101 cm³/mol. The molecule has 0 aliphatic heterocycles. The van der Waals surface area contributed by atoms with Gasteiger partial charge in [0.05, 0.1) is 17.9 Å². The molecule has 10 heteroatoms. The first-order chi connectivity index (χ1) is 13.6. The topological polar surface area (TPSA) is 64.3 Å². The fraction of sp³-hybridized carbons (Fsp3) is 0.421. The molecular weight excluding hydrogens is 390 g/mol. The summed E-state index contributed by atoms with van der Waals surface area (Å²) in [6.07, 6.45) is -3.40. The van der Waals surface area contributed by atoms with E-state index in [-0.39, 0.29) is 13.2 Å². The van der Waals surface area contributed by atoms with E-state index in [1.165, 1.54) is 24.0 Å². The summed E-state index contributed by atoms with van der Waals surface area (Å²) in [6, 6.07) is 4.46. The number of aromatic nitrogens is 4. The van der Waals surface area contributed by atoms with Gasteiger partial charge in [0.1, 0.15) is 18.0 Å². The maximum atomic E-state index is 13.6. The number of halogens is 4. The third-order valence-corrected chi connectivity index (χ3v) is 3.41. The third kappa shape index (κ3) is 6.38. The molecule has 0 aliphatic carbocycles. The standard InChI is InChI=1S/C15H13F4N5O.C4H10/c1-25-7-10-5-13(24-14(23-10)21-8-22-24)20-6-9-2-3-11(12(16)4-9)15(17,18)19;1-4(2)3/h2-5,8,20H,6-7H2,1H3;4H,1-3H3. The highest BCUT2D eigenvalue weighted by atomic mass is 19.4. The molecule has 0 amide bonds. The molecule has 158 valence electrons. The van der Waals surface area contributed by atoms with Crippen LogP contribution in [0.15, 0.2) is 30.6 Å². The van der Waals surface area contributed by atoms with Crippen LogP contribution in [0.4, 0.5) is 23.4 Å². The van der Waals surface area contributed by atoms with E-state index in [1.54, 1.807) is 6.07 Å². The van der Waals surface area contributed by atoms with Gasteiger partial charge in [0, 0.05) is 19.7 Å². The van der Waals surface area contributed by atoms with E-state index in [9.17, 15) is 17.6 Å². The molecule has 6 nitrogen and oxygen atoms in total. The van der Waals surface area contributed by atoms with Crippen molar-refractivity contribution in [1.82, 2.24) is 19.6 Å². The molecule has 0 bridgehead atoms. The van der Waals surface area contributed by atoms with Crippen LogP contribution in [0.2, 0.25) is 0 Å². The van der Waals surface area contributed by atoms with Crippen molar-refractivity contribution in [2.75, 3.05) is 12.4 Å². The molecular formula is C19H23F4N5O. The lowest BCUT2D eigenvalue weighted by Crippen LogP contribution is -2.11. The van der Waals surface area contributed by atoms with Gasteiger partial charge in [0.25, 0.3) is 5.78 Å². The SMILES string of the molecule is CC(C)C.COCc1cc(NCc2ccc(C(F)(F)F)c(F)c2)n2ncnc2n1. The van der Waals surface area contributed by atoms with Gasteiger partial charge in [-0.25, -0.2) is 9.37 Å². The zero-order valence-corrected chi connectivity index (χ0v) is 16.6. The van der Waals surface area contributed by atoms with E-state index >= 15 is 0 Å². The van der Waals surface area contributed by atoms with Crippen LogP contribution in [0, 0.1) is 11.7 Å². The number of rotatable bonds is 5. The normalized spacial score (nSPS) is 11.5. The number of nitrogens with one attached hydrogen (secondary N) is 1. The predicted octanol–water partition coefficient (Wildman–Crippen LogP) is 4.70. The van der Waals surface area contributed by atoms with Gasteiger partial charge in [-0.2, -0.15) is 27.8 Å². The number of hydrogen-bond donors (Lipinski definition) is 1. The Bertz CT molecular complexity index is 937. The number of ether oxygens (including phenoxy) is 1. The molecule has 3 rings (SSSR count). The summed E-state index contributed by atoms with van der Waals surface area (Å²) in [4.78, 5) is 8.22. The minimum absolute atomic E-state index is 0.0977. The number of fused-ring (bicyclic) bond motifs is 1. The van der Waals surface area contributed by atoms with E-state index in [2.05, 4.69) is 41.2 Å². The van der Waals surface area contributed by atoms with Crippen molar-refractivity contribution in [2.24, 2.45) is 5.92 Å². The van der Waals surface area contributed by atoms with Crippen molar-refractivity contribution in [3.63, 3.8) is 0 Å². The van der Waals surface area contributed by atoms with Crippen molar-refractivity contribution >= 4 is 11.6 Å². The number of alkyl halides is 3. The van der Waals surface area contributed by atoms with Gasteiger partial charge in [-0.05, 0) is 23.6 Å². The molecule has 2 heterocycles. The van der Waals surface area contributed by atoms with Crippen LogP contribution >= 0.6 is 0 Å². The van der Waals surface area contributed by atoms with E-state index in [0.29, 0.717) is 22.9 Å². The average Bonchev–Trinajstić information content (AvgIpc) is 3.07. The molecule has 29 heavy (non-hydrogen) atoms. The van der Waals surface area contributed by atoms with E-state index in [4.69, 9.17) is 4.74 Å². The summed E-state index contributed by atoms with van der Waals surface area (Å²) in [5.74, 6) is 0.373. The van der Waals surface area contributed by atoms with Gasteiger partial charge in [0.15, 0.2) is 0 Å². The lowest BCUT2D eigenvalue weighted by atomic mass is 10.1. The smallest absolute Gasteiger partial charge is 0.378 e. The molecule has 0 saturated heterocycles. The quantitative estimate of drug-likeness (QED) is 0.614. The van der Waals surface area contributed by atoms with E-state index in [0.717, 1.165) is 18.1 Å². The Kier molecular flexibility index (Phi) is 7.49. The van der Waals surface area contributed by atoms with Gasteiger partial charge >= 0.3 is 6.18 Å². The maximum Gasteiger partial charge on any atom is 0.419 e. The molecule has 3 aromatic rings. The van der Waals surface area contributed by atoms with Crippen LogP contribution in [0.1, 0.15) is 37.6 Å². The van der Waals surface area contributed by atoms with E-state index in [1.807, 2.05) is 0 Å². The highest BCUT2D eigenvalue weighted by molar-refractivity contribution is 5.45. The minimum atomic E-state index is -4.72. The van der Waals surface area contributed by atoms with Crippen molar-refractivity contribution in [3.05, 3.63) is 53.2 Å².